The maximum atomic E-state index is 11.6. The zero-order valence-corrected chi connectivity index (χ0v) is 16.0. The van der Waals surface area contributed by atoms with E-state index in [2.05, 4.69) is 25.8 Å². The topological polar surface area (TPSA) is 125 Å². The Morgan fingerprint density at radius 2 is 1.81 bits per heavy atom. The molecule has 2 N–H and O–H groups in total. The number of methoxy groups -OCH3 is 3. The molecule has 1 aromatic heterocycles. The van der Waals surface area contributed by atoms with Crippen LogP contribution in [0.15, 0.2) is 18.3 Å². The first-order valence-electron chi connectivity index (χ1n) is 8.18. The Bertz CT molecular complexity index is 896. The molecule has 0 amide bonds. The van der Waals surface area contributed by atoms with Crippen molar-refractivity contribution in [3.8, 4) is 17.2 Å². The van der Waals surface area contributed by atoms with E-state index in [1.807, 2.05) is 0 Å². The molecule has 0 radical (unpaired) electrons. The van der Waals surface area contributed by atoms with Crippen LogP contribution in [0.1, 0.15) is 6.42 Å². The smallest absolute Gasteiger partial charge is 0.249 e. The van der Waals surface area contributed by atoms with Gasteiger partial charge in [-0.3, -0.25) is 0 Å². The van der Waals surface area contributed by atoms with E-state index in [0.717, 1.165) is 0 Å². The van der Waals surface area contributed by atoms with Crippen molar-refractivity contribution >= 4 is 27.3 Å². The van der Waals surface area contributed by atoms with Crippen LogP contribution >= 0.6 is 0 Å². The van der Waals surface area contributed by atoms with Crippen LogP contribution < -0.4 is 24.8 Å². The lowest BCUT2D eigenvalue weighted by Gasteiger charge is -2.15. The number of nitrogens with zero attached hydrogens (tertiary/aromatic N) is 3. The molecular weight excluding hydrogens is 374 g/mol. The summed E-state index contributed by atoms with van der Waals surface area (Å²) >= 11 is 0. The van der Waals surface area contributed by atoms with E-state index in [9.17, 15) is 8.42 Å². The third kappa shape index (κ3) is 4.48. The quantitative estimate of drug-likeness (QED) is 0.707. The van der Waals surface area contributed by atoms with Crippen molar-refractivity contribution in [3.05, 3.63) is 18.3 Å². The SMILES string of the molecule is COc1cc(Nc2nncc(NC3CCS(=O)(=O)C3)n2)cc(OC)c1OC. The van der Waals surface area contributed by atoms with Crippen molar-refractivity contribution in [2.75, 3.05) is 43.5 Å². The van der Waals surface area contributed by atoms with Crippen molar-refractivity contribution in [3.63, 3.8) is 0 Å². The molecule has 0 aliphatic carbocycles. The number of anilines is 3. The van der Waals surface area contributed by atoms with Crippen LogP contribution in [0.3, 0.4) is 0 Å². The highest BCUT2D eigenvalue weighted by molar-refractivity contribution is 7.91. The molecule has 1 unspecified atom stereocenters. The van der Waals surface area contributed by atoms with E-state index in [1.54, 1.807) is 12.1 Å². The normalized spacial score (nSPS) is 18.0. The highest BCUT2D eigenvalue weighted by Crippen LogP contribution is 2.40. The van der Waals surface area contributed by atoms with Crippen molar-refractivity contribution < 1.29 is 22.6 Å². The summed E-state index contributed by atoms with van der Waals surface area (Å²) in [6, 6.07) is 3.25. The molecule has 1 atom stereocenters. The van der Waals surface area contributed by atoms with E-state index in [-0.39, 0.29) is 23.5 Å². The zero-order chi connectivity index (χ0) is 19.4. The Balaban J connectivity index is 1.78. The molecule has 3 rings (SSSR count). The summed E-state index contributed by atoms with van der Waals surface area (Å²) in [6.45, 7) is 0. The van der Waals surface area contributed by atoms with Crippen molar-refractivity contribution in [2.24, 2.45) is 0 Å². The third-order valence-electron chi connectivity index (χ3n) is 4.06. The van der Waals surface area contributed by atoms with Crippen LogP contribution in [-0.4, -0.2) is 62.5 Å². The first kappa shape index (κ1) is 19.0. The number of rotatable bonds is 7. The number of benzene rings is 1. The summed E-state index contributed by atoms with van der Waals surface area (Å²) in [6.07, 6.45) is 1.99. The predicted octanol–water partition coefficient (Wildman–Crippen LogP) is 1.24. The maximum Gasteiger partial charge on any atom is 0.249 e. The molecule has 1 aliphatic heterocycles. The van der Waals surface area contributed by atoms with Gasteiger partial charge < -0.3 is 24.8 Å². The molecular formula is C16H21N5O5S. The number of sulfone groups is 1. The molecule has 1 fully saturated rings. The summed E-state index contributed by atoms with van der Waals surface area (Å²) in [5, 5.41) is 14.0. The number of nitrogens with one attached hydrogen (secondary N) is 2. The van der Waals surface area contributed by atoms with Crippen LogP contribution in [0.5, 0.6) is 17.2 Å². The molecule has 0 spiro atoms. The lowest BCUT2D eigenvalue weighted by molar-refractivity contribution is 0.324. The monoisotopic (exact) mass is 395 g/mol. The Morgan fingerprint density at radius 1 is 1.11 bits per heavy atom. The largest absolute Gasteiger partial charge is 0.493 e. The molecule has 2 aromatic rings. The lowest BCUT2D eigenvalue weighted by Crippen LogP contribution is -2.21. The molecule has 146 valence electrons. The number of hydrogen-bond acceptors (Lipinski definition) is 10. The van der Waals surface area contributed by atoms with Gasteiger partial charge in [-0.15, -0.1) is 5.10 Å². The van der Waals surface area contributed by atoms with E-state index in [0.29, 0.717) is 35.2 Å². The average Bonchev–Trinajstić information content (AvgIpc) is 2.99. The molecule has 0 saturated carbocycles. The standard InChI is InChI=1S/C16H21N5O5S/c1-24-12-6-11(7-13(25-2)15(12)26-3)19-16-20-14(8-17-21-16)18-10-4-5-27(22,23)9-10/h6-8,10H,4-5,9H2,1-3H3,(H2,18,19,20,21). The minimum absolute atomic E-state index is 0.0899. The fourth-order valence-corrected chi connectivity index (χ4v) is 4.50. The molecule has 27 heavy (non-hydrogen) atoms. The van der Waals surface area contributed by atoms with Gasteiger partial charge in [0, 0.05) is 23.9 Å². The van der Waals surface area contributed by atoms with Crippen LogP contribution in [-0.2, 0) is 9.84 Å². The second-order valence-corrected chi connectivity index (χ2v) is 8.18. The van der Waals surface area contributed by atoms with Gasteiger partial charge in [-0.2, -0.15) is 10.1 Å². The number of aromatic nitrogens is 3. The second kappa shape index (κ2) is 7.82. The van der Waals surface area contributed by atoms with Crippen LogP contribution in [0, 0.1) is 0 Å². The lowest BCUT2D eigenvalue weighted by atomic mass is 10.2. The average molecular weight is 395 g/mol. The van der Waals surface area contributed by atoms with Gasteiger partial charge in [0.1, 0.15) is 0 Å². The Labute approximate surface area is 157 Å². The minimum Gasteiger partial charge on any atom is -0.493 e. The Kier molecular flexibility index (Phi) is 5.49. The van der Waals surface area contributed by atoms with Gasteiger partial charge in [0.2, 0.25) is 11.7 Å². The van der Waals surface area contributed by atoms with E-state index >= 15 is 0 Å². The van der Waals surface area contributed by atoms with Gasteiger partial charge in [0.25, 0.3) is 0 Å². The molecule has 10 nitrogen and oxygen atoms in total. The van der Waals surface area contributed by atoms with Gasteiger partial charge in [-0.1, -0.05) is 0 Å². The third-order valence-corrected chi connectivity index (χ3v) is 5.83. The Hall–Kier alpha value is -2.82. The van der Waals surface area contributed by atoms with Crippen LogP contribution in [0.25, 0.3) is 0 Å². The molecule has 1 saturated heterocycles. The van der Waals surface area contributed by atoms with Crippen molar-refractivity contribution in [1.29, 1.82) is 0 Å². The molecule has 1 aromatic carbocycles. The molecule has 0 bridgehead atoms. The number of ether oxygens (including phenoxy) is 3. The van der Waals surface area contributed by atoms with E-state index in [4.69, 9.17) is 14.2 Å². The minimum atomic E-state index is -2.98. The van der Waals surface area contributed by atoms with E-state index in [1.165, 1.54) is 27.5 Å². The highest BCUT2D eigenvalue weighted by atomic mass is 32.2. The molecule has 1 aliphatic rings. The summed E-state index contributed by atoms with van der Waals surface area (Å²) in [4.78, 5) is 4.33. The van der Waals surface area contributed by atoms with Crippen molar-refractivity contribution in [1.82, 2.24) is 15.2 Å². The zero-order valence-electron chi connectivity index (χ0n) is 15.2. The maximum absolute atomic E-state index is 11.6. The van der Waals surface area contributed by atoms with Gasteiger partial charge in [0.15, 0.2) is 27.2 Å². The van der Waals surface area contributed by atoms with Crippen molar-refractivity contribution in [2.45, 2.75) is 12.5 Å². The second-order valence-electron chi connectivity index (χ2n) is 5.95. The van der Waals surface area contributed by atoms with E-state index < -0.39 is 9.84 Å². The van der Waals surface area contributed by atoms with Gasteiger partial charge >= 0.3 is 0 Å². The van der Waals surface area contributed by atoms with Gasteiger partial charge in [-0.05, 0) is 6.42 Å². The fourth-order valence-electron chi connectivity index (χ4n) is 2.83. The first-order valence-corrected chi connectivity index (χ1v) is 10.00. The summed E-state index contributed by atoms with van der Waals surface area (Å²) in [7, 11) is 1.60. The summed E-state index contributed by atoms with van der Waals surface area (Å²) in [5.74, 6) is 2.40. The van der Waals surface area contributed by atoms with Crippen LogP contribution in [0.4, 0.5) is 17.5 Å². The summed E-state index contributed by atoms with van der Waals surface area (Å²) in [5.41, 5.74) is 0.617. The number of hydrogen-bond donors (Lipinski definition) is 2. The van der Waals surface area contributed by atoms with Gasteiger partial charge in [-0.25, -0.2) is 8.42 Å². The highest BCUT2D eigenvalue weighted by Gasteiger charge is 2.28. The summed E-state index contributed by atoms with van der Waals surface area (Å²) < 4.78 is 39.1. The fraction of sp³-hybridized carbons (Fsp3) is 0.438. The van der Waals surface area contributed by atoms with Gasteiger partial charge in [0.05, 0.1) is 39.0 Å². The first-order chi connectivity index (χ1) is 12.9. The molecule has 11 heteroatoms. The molecule has 2 heterocycles. The Morgan fingerprint density at radius 3 is 2.37 bits per heavy atom. The van der Waals surface area contributed by atoms with Crippen LogP contribution in [0.2, 0.25) is 0 Å². The predicted molar refractivity (Wildman–Crippen MR) is 99.9 cm³/mol.